The molecule has 15 heavy (non-hydrogen) atoms. The number of rotatable bonds is 4. The van der Waals surface area contributed by atoms with Gasteiger partial charge in [0.15, 0.2) is 0 Å². The lowest BCUT2D eigenvalue weighted by Gasteiger charge is -2.15. The zero-order chi connectivity index (χ0) is 11.4. The van der Waals surface area contributed by atoms with E-state index < -0.39 is 0 Å². The summed E-state index contributed by atoms with van der Waals surface area (Å²) in [5.74, 6) is 1.02. The van der Waals surface area contributed by atoms with E-state index in [1.54, 1.807) is 0 Å². The van der Waals surface area contributed by atoms with E-state index in [0.717, 1.165) is 5.56 Å². The topological polar surface area (TPSA) is 20.2 Å². The molecule has 0 fully saturated rings. The lowest BCUT2D eigenvalue weighted by Crippen LogP contribution is -1.97. The first-order valence-electron chi connectivity index (χ1n) is 5.86. The maximum Gasteiger partial charge on any atom is 0.118 e. The molecule has 84 valence electrons. The molecular weight excluding hydrogens is 184 g/mol. The van der Waals surface area contributed by atoms with Crippen LogP contribution in [0, 0.1) is 13.8 Å². The molecule has 1 unspecified atom stereocenters. The number of hydrogen-bond donors (Lipinski definition) is 1. The first kappa shape index (κ1) is 12.1. The van der Waals surface area contributed by atoms with Crippen molar-refractivity contribution in [2.45, 2.75) is 52.9 Å². The van der Waals surface area contributed by atoms with Crippen molar-refractivity contribution in [3.05, 3.63) is 28.8 Å². The van der Waals surface area contributed by atoms with Gasteiger partial charge in [0.25, 0.3) is 0 Å². The van der Waals surface area contributed by atoms with Crippen molar-refractivity contribution in [2.75, 3.05) is 0 Å². The maximum absolute atomic E-state index is 9.58. The Kier molecular flexibility index (Phi) is 4.19. The standard InChI is InChI=1S/C14H22O/c1-5-6-7-10(2)13-8-12(4)14(15)9-11(13)3/h8-10,15H,5-7H2,1-4H3. The second-order valence-electron chi connectivity index (χ2n) is 4.54. The minimum absolute atomic E-state index is 0.416. The van der Waals surface area contributed by atoms with Crippen molar-refractivity contribution >= 4 is 0 Å². The van der Waals surface area contributed by atoms with Crippen molar-refractivity contribution in [1.29, 1.82) is 0 Å². The molecule has 1 rings (SSSR count). The molecule has 0 aromatic heterocycles. The molecule has 1 aromatic rings. The van der Waals surface area contributed by atoms with Crippen LogP contribution >= 0.6 is 0 Å². The van der Waals surface area contributed by atoms with Gasteiger partial charge in [0, 0.05) is 0 Å². The predicted octanol–water partition coefficient (Wildman–Crippen LogP) is 4.30. The number of aromatic hydroxyl groups is 1. The molecule has 0 bridgehead atoms. The maximum atomic E-state index is 9.58. The van der Waals surface area contributed by atoms with Gasteiger partial charge in [-0.2, -0.15) is 0 Å². The molecule has 0 saturated carbocycles. The van der Waals surface area contributed by atoms with Crippen molar-refractivity contribution in [3.63, 3.8) is 0 Å². The molecule has 1 nitrogen and oxygen atoms in total. The zero-order valence-corrected chi connectivity index (χ0v) is 10.3. The van der Waals surface area contributed by atoms with Crippen LogP contribution in [-0.4, -0.2) is 5.11 Å². The van der Waals surface area contributed by atoms with Crippen LogP contribution in [0.4, 0.5) is 0 Å². The SMILES string of the molecule is CCCCC(C)c1cc(C)c(O)cc1C. The van der Waals surface area contributed by atoms with Crippen molar-refractivity contribution in [2.24, 2.45) is 0 Å². The first-order valence-corrected chi connectivity index (χ1v) is 5.86. The van der Waals surface area contributed by atoms with Crippen LogP contribution in [0.1, 0.15) is 55.7 Å². The van der Waals surface area contributed by atoms with Gasteiger partial charge < -0.3 is 5.11 Å². The van der Waals surface area contributed by atoms with Crippen LogP contribution in [0.15, 0.2) is 12.1 Å². The Balaban J connectivity index is 2.88. The van der Waals surface area contributed by atoms with Gasteiger partial charge in [0.1, 0.15) is 5.75 Å². The van der Waals surface area contributed by atoms with Crippen LogP contribution < -0.4 is 0 Å². The van der Waals surface area contributed by atoms with E-state index in [2.05, 4.69) is 26.8 Å². The number of hydrogen-bond acceptors (Lipinski definition) is 1. The molecule has 0 aliphatic rings. The molecule has 0 aliphatic heterocycles. The smallest absolute Gasteiger partial charge is 0.118 e. The van der Waals surface area contributed by atoms with E-state index >= 15 is 0 Å². The third kappa shape index (κ3) is 2.98. The minimum Gasteiger partial charge on any atom is -0.508 e. The van der Waals surface area contributed by atoms with E-state index in [1.807, 2.05) is 13.0 Å². The van der Waals surface area contributed by atoms with Crippen LogP contribution in [0.25, 0.3) is 0 Å². The minimum atomic E-state index is 0.416. The Morgan fingerprint density at radius 1 is 1.20 bits per heavy atom. The average molecular weight is 206 g/mol. The Morgan fingerprint density at radius 3 is 2.47 bits per heavy atom. The predicted molar refractivity (Wildman–Crippen MR) is 65.5 cm³/mol. The second kappa shape index (κ2) is 5.20. The number of unbranched alkanes of at least 4 members (excludes halogenated alkanes) is 1. The quantitative estimate of drug-likeness (QED) is 0.778. The van der Waals surface area contributed by atoms with Gasteiger partial charge in [-0.15, -0.1) is 0 Å². The highest BCUT2D eigenvalue weighted by Crippen LogP contribution is 2.29. The third-order valence-electron chi connectivity index (χ3n) is 3.11. The molecule has 0 radical (unpaired) electrons. The summed E-state index contributed by atoms with van der Waals surface area (Å²) in [6.07, 6.45) is 3.77. The van der Waals surface area contributed by atoms with Crippen LogP contribution in [0.3, 0.4) is 0 Å². The molecule has 0 heterocycles. The summed E-state index contributed by atoms with van der Waals surface area (Å²) >= 11 is 0. The number of aryl methyl sites for hydroxylation is 2. The highest BCUT2D eigenvalue weighted by atomic mass is 16.3. The molecule has 0 spiro atoms. The largest absolute Gasteiger partial charge is 0.508 e. The average Bonchev–Trinajstić information content (AvgIpc) is 2.20. The summed E-state index contributed by atoms with van der Waals surface area (Å²) in [5.41, 5.74) is 3.58. The molecular formula is C14H22O. The van der Waals surface area contributed by atoms with Gasteiger partial charge in [0.05, 0.1) is 0 Å². The zero-order valence-electron chi connectivity index (χ0n) is 10.3. The van der Waals surface area contributed by atoms with Crippen molar-refractivity contribution < 1.29 is 5.11 Å². The van der Waals surface area contributed by atoms with Crippen molar-refractivity contribution in [3.8, 4) is 5.75 Å². The molecule has 1 heteroatoms. The fourth-order valence-corrected chi connectivity index (χ4v) is 2.02. The lowest BCUT2D eigenvalue weighted by atomic mass is 9.90. The Hall–Kier alpha value is -0.980. The van der Waals surface area contributed by atoms with Crippen molar-refractivity contribution in [1.82, 2.24) is 0 Å². The summed E-state index contributed by atoms with van der Waals surface area (Å²) in [4.78, 5) is 0. The Labute approximate surface area is 93.1 Å². The highest BCUT2D eigenvalue weighted by molar-refractivity contribution is 5.41. The lowest BCUT2D eigenvalue weighted by molar-refractivity contribution is 0.470. The van der Waals surface area contributed by atoms with Gasteiger partial charge in [-0.25, -0.2) is 0 Å². The molecule has 0 aliphatic carbocycles. The Bertz CT molecular complexity index is 328. The van der Waals surface area contributed by atoms with E-state index in [1.165, 1.54) is 30.4 Å². The second-order valence-corrected chi connectivity index (χ2v) is 4.54. The van der Waals surface area contributed by atoms with Crippen LogP contribution in [0.2, 0.25) is 0 Å². The molecule has 1 atom stereocenters. The summed E-state index contributed by atoms with van der Waals surface area (Å²) in [7, 11) is 0. The van der Waals surface area contributed by atoms with Gasteiger partial charge >= 0.3 is 0 Å². The van der Waals surface area contributed by atoms with Crippen LogP contribution in [-0.2, 0) is 0 Å². The number of benzene rings is 1. The van der Waals surface area contributed by atoms with E-state index in [9.17, 15) is 5.11 Å². The summed E-state index contributed by atoms with van der Waals surface area (Å²) in [6.45, 7) is 8.54. The third-order valence-corrected chi connectivity index (χ3v) is 3.11. The Morgan fingerprint density at radius 2 is 1.87 bits per heavy atom. The van der Waals surface area contributed by atoms with Gasteiger partial charge in [-0.05, 0) is 48.9 Å². The fourth-order valence-electron chi connectivity index (χ4n) is 2.02. The van der Waals surface area contributed by atoms with Gasteiger partial charge in [-0.1, -0.05) is 32.8 Å². The van der Waals surface area contributed by atoms with E-state index in [-0.39, 0.29) is 0 Å². The normalized spacial score (nSPS) is 12.8. The van der Waals surface area contributed by atoms with E-state index in [0.29, 0.717) is 11.7 Å². The van der Waals surface area contributed by atoms with E-state index in [4.69, 9.17) is 0 Å². The number of phenols is 1. The molecule has 0 saturated heterocycles. The molecule has 1 N–H and O–H groups in total. The summed E-state index contributed by atoms with van der Waals surface area (Å²) < 4.78 is 0. The monoisotopic (exact) mass is 206 g/mol. The highest BCUT2D eigenvalue weighted by Gasteiger charge is 2.10. The number of phenolic OH excluding ortho intramolecular Hbond substituents is 1. The van der Waals surface area contributed by atoms with Gasteiger partial charge in [0.2, 0.25) is 0 Å². The fraction of sp³-hybridized carbons (Fsp3) is 0.571. The van der Waals surface area contributed by atoms with Gasteiger partial charge in [-0.3, -0.25) is 0 Å². The summed E-state index contributed by atoms with van der Waals surface area (Å²) in [6, 6.07) is 4.01. The van der Waals surface area contributed by atoms with Crippen LogP contribution in [0.5, 0.6) is 5.75 Å². The first-order chi connectivity index (χ1) is 7.06. The molecule has 0 amide bonds. The molecule has 1 aromatic carbocycles. The summed E-state index contributed by atoms with van der Waals surface area (Å²) in [5, 5.41) is 9.58.